The van der Waals surface area contributed by atoms with Gasteiger partial charge in [-0.1, -0.05) is 0 Å². The van der Waals surface area contributed by atoms with Gasteiger partial charge in [-0.05, 0) is 39.0 Å². The fourth-order valence-corrected chi connectivity index (χ4v) is 3.08. The van der Waals surface area contributed by atoms with Gasteiger partial charge in [-0.15, -0.1) is 11.8 Å². The summed E-state index contributed by atoms with van der Waals surface area (Å²) in [7, 11) is 0. The number of anilines is 1. The summed E-state index contributed by atoms with van der Waals surface area (Å²) in [6.45, 7) is 3.78. The van der Waals surface area contributed by atoms with Crippen LogP contribution < -0.4 is 16.0 Å². The quantitative estimate of drug-likeness (QED) is 0.415. The summed E-state index contributed by atoms with van der Waals surface area (Å²) in [6.07, 6.45) is 8.16. The number of allylic oxidation sites excluding steroid dienone is 1. The molecule has 1 aliphatic carbocycles. The Morgan fingerprint density at radius 3 is 2.84 bits per heavy atom. The highest BCUT2D eigenvalue weighted by atomic mass is 32.2. The van der Waals surface area contributed by atoms with Gasteiger partial charge in [-0.2, -0.15) is 9.61 Å². The number of carbonyl (C=O) groups is 2. The minimum atomic E-state index is -0.579. The van der Waals surface area contributed by atoms with Gasteiger partial charge in [0.05, 0.1) is 6.20 Å². The summed E-state index contributed by atoms with van der Waals surface area (Å²) in [5, 5.41) is 13.5. The Bertz CT molecular complexity index is 856. The molecular weight excluding hydrogens is 340 g/mol. The van der Waals surface area contributed by atoms with Gasteiger partial charge < -0.3 is 10.6 Å². The van der Waals surface area contributed by atoms with Crippen LogP contribution in [0.25, 0.3) is 11.7 Å². The van der Waals surface area contributed by atoms with Gasteiger partial charge in [0.15, 0.2) is 5.65 Å². The molecule has 0 saturated heterocycles. The van der Waals surface area contributed by atoms with Crippen LogP contribution in [0.5, 0.6) is 0 Å². The van der Waals surface area contributed by atoms with Crippen molar-refractivity contribution in [2.45, 2.75) is 37.8 Å². The first-order valence-corrected chi connectivity index (χ1v) is 9.14. The average Bonchev–Trinajstić information content (AvgIpc) is 3.30. The van der Waals surface area contributed by atoms with Crippen molar-refractivity contribution in [2.24, 2.45) is 0 Å². The Hall–Kier alpha value is -2.55. The maximum Gasteiger partial charge on any atom is 0.325 e. The molecule has 0 radical (unpaired) electrons. The second-order valence-corrected chi connectivity index (χ2v) is 6.69. The molecule has 2 aromatic rings. The Balaban J connectivity index is 1.99. The van der Waals surface area contributed by atoms with Crippen molar-refractivity contribution >= 4 is 41.7 Å². The minimum absolute atomic E-state index is 0.336. The first-order valence-electron chi connectivity index (χ1n) is 7.91. The van der Waals surface area contributed by atoms with Crippen LogP contribution in [0.1, 0.15) is 30.9 Å². The highest BCUT2D eigenvalue weighted by Gasteiger charge is 2.24. The van der Waals surface area contributed by atoms with Gasteiger partial charge in [0.1, 0.15) is 10.8 Å². The number of carbonyl (C=O) groups excluding carboxylic acids is 2. The molecule has 1 saturated carbocycles. The van der Waals surface area contributed by atoms with Crippen LogP contribution in [0.15, 0.2) is 16.9 Å². The Labute approximate surface area is 149 Å². The molecule has 8 nitrogen and oxygen atoms in total. The van der Waals surface area contributed by atoms with Crippen LogP contribution in [0.3, 0.4) is 0 Å². The lowest BCUT2D eigenvalue weighted by Crippen LogP contribution is -2.33. The lowest BCUT2D eigenvalue weighted by atomic mass is 10.2. The number of rotatable bonds is 6. The first kappa shape index (κ1) is 17.3. The summed E-state index contributed by atoms with van der Waals surface area (Å²) >= 11 is 1.59. The summed E-state index contributed by atoms with van der Waals surface area (Å²) in [5.41, 5.74) is 3.16. The van der Waals surface area contributed by atoms with Crippen LogP contribution >= 0.6 is 11.8 Å². The zero-order valence-corrected chi connectivity index (χ0v) is 15.1. The van der Waals surface area contributed by atoms with Crippen molar-refractivity contribution in [2.75, 3.05) is 11.6 Å². The van der Waals surface area contributed by atoms with Crippen molar-refractivity contribution < 1.29 is 9.59 Å². The lowest BCUT2D eigenvalue weighted by Gasteiger charge is -2.13. The number of thioether (sulfide) groups is 1. The smallest absolute Gasteiger partial charge is 0.325 e. The zero-order valence-electron chi connectivity index (χ0n) is 14.3. The molecule has 1 aliphatic rings. The van der Waals surface area contributed by atoms with E-state index in [4.69, 9.17) is 4.98 Å². The van der Waals surface area contributed by atoms with Crippen molar-refractivity contribution in [3.05, 3.63) is 23.0 Å². The lowest BCUT2D eigenvalue weighted by molar-refractivity contribution is -0.108. The maximum atomic E-state index is 11.4. The molecule has 3 amide bonds. The van der Waals surface area contributed by atoms with Crippen LogP contribution in [-0.2, 0) is 4.79 Å². The van der Waals surface area contributed by atoms with E-state index in [1.165, 1.54) is 12.8 Å². The van der Waals surface area contributed by atoms with E-state index in [-0.39, 0.29) is 0 Å². The molecule has 25 heavy (non-hydrogen) atoms. The van der Waals surface area contributed by atoms with Crippen LogP contribution in [0, 0.1) is 6.92 Å². The third-order valence-corrected chi connectivity index (χ3v) is 4.63. The van der Waals surface area contributed by atoms with Crippen molar-refractivity contribution in [3.8, 4) is 0 Å². The number of nitrogens with one attached hydrogen (secondary N) is 3. The van der Waals surface area contributed by atoms with E-state index >= 15 is 0 Å². The van der Waals surface area contributed by atoms with E-state index in [9.17, 15) is 9.59 Å². The monoisotopic (exact) mass is 360 g/mol. The summed E-state index contributed by atoms with van der Waals surface area (Å²) in [6, 6.07) is -0.0810. The minimum Gasteiger partial charge on any atom is -0.367 e. The van der Waals surface area contributed by atoms with Gasteiger partial charge in [-0.25, -0.2) is 9.78 Å². The van der Waals surface area contributed by atoms with Gasteiger partial charge >= 0.3 is 6.03 Å². The number of hydrogen-bond acceptors (Lipinski definition) is 6. The molecule has 2 aromatic heterocycles. The molecule has 0 aromatic carbocycles. The van der Waals surface area contributed by atoms with Crippen LogP contribution in [0.2, 0.25) is 0 Å². The predicted octanol–water partition coefficient (Wildman–Crippen LogP) is 2.15. The van der Waals surface area contributed by atoms with Gasteiger partial charge in [-0.3, -0.25) is 10.1 Å². The fraction of sp³-hybridized carbons (Fsp3) is 0.375. The van der Waals surface area contributed by atoms with E-state index < -0.39 is 6.03 Å². The molecule has 0 spiro atoms. The molecule has 2 heterocycles. The van der Waals surface area contributed by atoms with E-state index in [0.29, 0.717) is 18.1 Å². The molecule has 0 atom stereocenters. The highest BCUT2D eigenvalue weighted by molar-refractivity contribution is 7.98. The molecule has 1 fully saturated rings. The topological polar surface area (TPSA) is 100 Å². The normalized spacial score (nSPS) is 14.4. The second-order valence-electron chi connectivity index (χ2n) is 5.89. The van der Waals surface area contributed by atoms with Crippen molar-refractivity contribution in [3.63, 3.8) is 0 Å². The number of fused-ring (bicyclic) bond motifs is 1. The molecule has 9 heteroatoms. The van der Waals surface area contributed by atoms with Gasteiger partial charge in [0, 0.05) is 22.9 Å². The Morgan fingerprint density at radius 1 is 1.44 bits per heavy atom. The molecule has 3 rings (SSSR count). The maximum absolute atomic E-state index is 11.4. The average molecular weight is 360 g/mol. The van der Waals surface area contributed by atoms with Crippen LogP contribution in [-0.4, -0.2) is 39.3 Å². The second kappa shape index (κ2) is 7.14. The summed E-state index contributed by atoms with van der Waals surface area (Å²) in [4.78, 5) is 26.4. The standard InChI is InChI=1S/C16H20N6O2S/c1-9(19-16(24)17-8-23)6-11-7-18-22-13(20-12-4-5-12)10(2)15(25-3)21-14(11)22/h6-8,12,20H,4-5H2,1-3H3,(H2,17,19,23,24)/b9-6-. The number of aromatic nitrogens is 3. The largest absolute Gasteiger partial charge is 0.367 e. The third-order valence-electron chi connectivity index (χ3n) is 3.85. The SMILES string of the molecule is CSc1nc2c(/C=C(/C)NC(=O)NC=O)cnn2c(NC2CC2)c1C. The predicted molar refractivity (Wildman–Crippen MR) is 97.5 cm³/mol. The number of hydrogen-bond donors (Lipinski definition) is 3. The van der Waals surface area contributed by atoms with Gasteiger partial charge in [0.2, 0.25) is 6.41 Å². The molecule has 0 bridgehead atoms. The number of nitrogens with zero attached hydrogens (tertiary/aromatic N) is 3. The summed E-state index contributed by atoms with van der Waals surface area (Å²) in [5.74, 6) is 0.959. The number of urea groups is 1. The van der Waals surface area contributed by atoms with Crippen LogP contribution in [0.4, 0.5) is 10.6 Å². The van der Waals surface area contributed by atoms with E-state index in [1.807, 2.05) is 18.5 Å². The van der Waals surface area contributed by atoms with E-state index in [2.05, 4.69) is 15.7 Å². The fourth-order valence-electron chi connectivity index (χ4n) is 2.50. The van der Waals surface area contributed by atoms with Crippen molar-refractivity contribution in [1.29, 1.82) is 0 Å². The highest BCUT2D eigenvalue weighted by Crippen LogP contribution is 2.31. The molecule has 3 N–H and O–H groups in total. The van der Waals surface area contributed by atoms with E-state index in [1.54, 1.807) is 35.5 Å². The molecule has 132 valence electrons. The molecular formula is C16H20N6O2S. The first-order chi connectivity index (χ1) is 12.0. The Kier molecular flexibility index (Phi) is 4.93. The number of amides is 3. The zero-order chi connectivity index (χ0) is 18.0. The van der Waals surface area contributed by atoms with Gasteiger partial charge in [0.25, 0.3) is 0 Å². The Morgan fingerprint density at radius 2 is 2.20 bits per heavy atom. The third kappa shape index (κ3) is 3.76. The number of imide groups is 1. The van der Waals surface area contributed by atoms with Crippen molar-refractivity contribution in [1.82, 2.24) is 25.2 Å². The molecule has 0 aliphatic heterocycles. The molecule has 0 unspecified atom stereocenters. The van der Waals surface area contributed by atoms with E-state index in [0.717, 1.165) is 27.6 Å². The summed E-state index contributed by atoms with van der Waals surface area (Å²) < 4.78 is 1.80.